The van der Waals surface area contributed by atoms with Crippen molar-refractivity contribution in [1.82, 2.24) is 24.3 Å². The van der Waals surface area contributed by atoms with Gasteiger partial charge in [0.1, 0.15) is 30.0 Å². The minimum Gasteiger partial charge on any atom is -0.455 e. The van der Waals surface area contributed by atoms with Crippen LogP contribution in [0.5, 0.6) is 0 Å². The molecule has 1 aliphatic heterocycles. The van der Waals surface area contributed by atoms with Crippen molar-refractivity contribution in [3.8, 4) is 5.69 Å². The molecule has 7 rings (SSSR count). The van der Waals surface area contributed by atoms with E-state index in [9.17, 15) is 4.79 Å². The first-order chi connectivity index (χ1) is 19.0. The quantitative estimate of drug-likeness (QED) is 0.374. The van der Waals surface area contributed by atoms with E-state index in [1.54, 1.807) is 9.25 Å². The van der Waals surface area contributed by atoms with Gasteiger partial charge in [0.2, 0.25) is 0 Å². The van der Waals surface area contributed by atoms with Crippen LogP contribution in [0.1, 0.15) is 17.0 Å². The number of pyridine rings is 1. The Bertz CT molecular complexity index is 1930. The number of amidine groups is 1. The number of para-hydroxylation sites is 1. The molecule has 2 unspecified atom stereocenters. The number of nitrogens with zero attached hydrogens (tertiary/aromatic N) is 6. The highest BCUT2D eigenvalue weighted by molar-refractivity contribution is 5.98. The largest absolute Gasteiger partial charge is 0.455 e. The van der Waals surface area contributed by atoms with Gasteiger partial charge in [-0.15, -0.1) is 0 Å². The Balaban J connectivity index is 1.42. The van der Waals surface area contributed by atoms with Gasteiger partial charge < -0.3 is 16.2 Å². The maximum atomic E-state index is 13.9. The molecule has 39 heavy (non-hydrogen) atoms. The summed E-state index contributed by atoms with van der Waals surface area (Å²) in [7, 11) is 0. The number of benzene rings is 2. The fraction of sp³-hybridized carbons (Fsp3) is 0.138. The molecule has 0 bridgehead atoms. The van der Waals surface area contributed by atoms with Crippen molar-refractivity contribution in [2.45, 2.75) is 25.6 Å². The summed E-state index contributed by atoms with van der Waals surface area (Å²) in [5.74, 6) is 0.318. The molecule has 0 radical (unpaired) electrons. The number of aromatic nitrogens is 5. The highest BCUT2D eigenvalue weighted by Gasteiger charge is 2.30. The third-order valence-corrected chi connectivity index (χ3v) is 7.18. The van der Waals surface area contributed by atoms with Crippen LogP contribution in [0.3, 0.4) is 0 Å². The van der Waals surface area contributed by atoms with E-state index in [4.69, 9.17) is 21.3 Å². The van der Waals surface area contributed by atoms with E-state index in [0.717, 1.165) is 27.9 Å². The van der Waals surface area contributed by atoms with Crippen LogP contribution in [-0.4, -0.2) is 42.5 Å². The lowest BCUT2D eigenvalue weighted by Crippen LogP contribution is -2.24. The topological polar surface area (TPSA) is 139 Å². The van der Waals surface area contributed by atoms with Crippen molar-refractivity contribution >= 4 is 39.2 Å². The molecule has 4 heterocycles. The molecular weight excluding hydrogens is 492 g/mol. The molecule has 0 amide bonds. The molecule has 1 aliphatic carbocycles. The lowest BCUT2D eigenvalue weighted by Gasteiger charge is -2.16. The van der Waals surface area contributed by atoms with Gasteiger partial charge in [0.15, 0.2) is 5.65 Å². The summed E-state index contributed by atoms with van der Waals surface area (Å²) in [6, 6.07) is 17.4. The third-order valence-electron chi connectivity index (χ3n) is 7.18. The summed E-state index contributed by atoms with van der Waals surface area (Å²) in [4.78, 5) is 27.0. The van der Waals surface area contributed by atoms with Crippen molar-refractivity contribution in [2.24, 2.45) is 10.7 Å². The van der Waals surface area contributed by atoms with Crippen LogP contribution in [0, 0.1) is 6.92 Å². The Morgan fingerprint density at radius 1 is 1.03 bits per heavy atom. The Morgan fingerprint density at radius 2 is 1.87 bits per heavy atom. The summed E-state index contributed by atoms with van der Waals surface area (Å²) in [5, 5.41) is 7.13. The maximum Gasteiger partial charge on any atom is 0.283 e. The average molecular weight is 517 g/mol. The Labute approximate surface area is 222 Å². The molecule has 10 nitrogen and oxygen atoms in total. The number of hydrogen-bond donors (Lipinski definition) is 2. The van der Waals surface area contributed by atoms with Crippen LogP contribution in [0.2, 0.25) is 0 Å². The van der Waals surface area contributed by atoms with Crippen LogP contribution < -0.4 is 17.0 Å². The normalized spacial score (nSPS) is 18.2. The van der Waals surface area contributed by atoms with Crippen LogP contribution >= 0.6 is 0 Å². The molecule has 10 heteroatoms. The number of fused-ring (bicyclic) bond motifs is 3. The zero-order valence-corrected chi connectivity index (χ0v) is 21.0. The first kappa shape index (κ1) is 22.9. The van der Waals surface area contributed by atoms with E-state index in [1.807, 2.05) is 79.7 Å². The molecule has 3 aromatic heterocycles. The minimum absolute atomic E-state index is 0.0849. The minimum atomic E-state index is -0.247. The van der Waals surface area contributed by atoms with Gasteiger partial charge in [-0.05, 0) is 48.2 Å². The van der Waals surface area contributed by atoms with Gasteiger partial charge in [0, 0.05) is 17.0 Å². The molecule has 192 valence electrons. The van der Waals surface area contributed by atoms with Gasteiger partial charge >= 0.3 is 0 Å². The van der Waals surface area contributed by atoms with Crippen molar-refractivity contribution in [2.75, 3.05) is 5.73 Å². The number of aliphatic imine (C=N–C) groups is 1. The van der Waals surface area contributed by atoms with E-state index in [2.05, 4.69) is 15.0 Å². The lowest BCUT2D eigenvalue weighted by atomic mass is 9.98. The van der Waals surface area contributed by atoms with E-state index < -0.39 is 0 Å². The predicted octanol–water partition coefficient (Wildman–Crippen LogP) is 3.10. The summed E-state index contributed by atoms with van der Waals surface area (Å²) >= 11 is 0. The Kier molecular flexibility index (Phi) is 5.09. The molecule has 0 saturated carbocycles. The summed E-state index contributed by atoms with van der Waals surface area (Å²) < 4.78 is 9.05. The summed E-state index contributed by atoms with van der Waals surface area (Å²) in [6.45, 7) is 2.23. The second kappa shape index (κ2) is 8.66. The Hall–Kier alpha value is -5.25. The number of rotatable bonds is 4. The third kappa shape index (κ3) is 3.68. The molecule has 0 saturated heterocycles. The average Bonchev–Trinajstić information content (AvgIpc) is 3.49. The number of nitrogen functional groups attached to an aromatic ring is 1. The van der Waals surface area contributed by atoms with Crippen molar-refractivity contribution in [3.05, 3.63) is 106 Å². The zero-order chi connectivity index (χ0) is 26.7. The van der Waals surface area contributed by atoms with Gasteiger partial charge in [0.25, 0.3) is 11.6 Å². The molecule has 0 spiro atoms. The smallest absolute Gasteiger partial charge is 0.283 e. The first-order valence-corrected chi connectivity index (χ1v) is 12.5. The molecule has 5 aromatic rings. The molecule has 0 fully saturated rings. The SMILES string of the molecule is Cc1cccc2cc(Cn3nc(C4=CC5N=C(N)OC5C=C4)c4c(N)ncnc43)n(-c3ccccc3)c(=O)c12. The Morgan fingerprint density at radius 3 is 2.72 bits per heavy atom. The van der Waals surface area contributed by atoms with Crippen molar-refractivity contribution in [3.63, 3.8) is 0 Å². The van der Waals surface area contributed by atoms with Crippen molar-refractivity contribution < 1.29 is 4.74 Å². The number of allylic oxidation sites excluding steroid dienone is 2. The highest BCUT2D eigenvalue weighted by atomic mass is 16.5. The van der Waals surface area contributed by atoms with E-state index in [1.165, 1.54) is 6.33 Å². The molecule has 2 atom stereocenters. The second-order valence-corrected chi connectivity index (χ2v) is 9.64. The van der Waals surface area contributed by atoms with Gasteiger partial charge in [-0.25, -0.2) is 19.6 Å². The highest BCUT2D eigenvalue weighted by Crippen LogP contribution is 2.33. The number of nitrogens with two attached hydrogens (primary N) is 2. The van der Waals surface area contributed by atoms with Crippen LogP contribution in [0.15, 0.2) is 88.9 Å². The van der Waals surface area contributed by atoms with Crippen LogP contribution in [0.25, 0.3) is 33.1 Å². The fourth-order valence-electron chi connectivity index (χ4n) is 5.40. The molecule has 2 aliphatic rings. The van der Waals surface area contributed by atoms with Gasteiger partial charge in [-0.1, -0.05) is 42.5 Å². The number of aryl methyl sites for hydroxylation is 1. The summed E-state index contributed by atoms with van der Waals surface area (Å²) in [5.41, 5.74) is 16.5. The van der Waals surface area contributed by atoms with Gasteiger partial charge in [-0.3, -0.25) is 9.36 Å². The number of anilines is 1. The fourth-order valence-corrected chi connectivity index (χ4v) is 5.40. The predicted molar refractivity (Wildman–Crippen MR) is 151 cm³/mol. The van der Waals surface area contributed by atoms with Crippen LogP contribution in [-0.2, 0) is 11.3 Å². The first-order valence-electron chi connectivity index (χ1n) is 12.5. The van der Waals surface area contributed by atoms with E-state index >= 15 is 0 Å². The second-order valence-electron chi connectivity index (χ2n) is 9.64. The van der Waals surface area contributed by atoms with Crippen LogP contribution in [0.4, 0.5) is 5.82 Å². The molecular formula is C29H24N8O2. The van der Waals surface area contributed by atoms with Gasteiger partial charge in [-0.2, -0.15) is 5.10 Å². The number of hydrogen-bond acceptors (Lipinski definition) is 8. The monoisotopic (exact) mass is 516 g/mol. The molecule has 2 aromatic carbocycles. The van der Waals surface area contributed by atoms with Gasteiger partial charge in [0.05, 0.1) is 17.3 Å². The van der Waals surface area contributed by atoms with E-state index in [0.29, 0.717) is 27.9 Å². The zero-order valence-electron chi connectivity index (χ0n) is 21.0. The summed E-state index contributed by atoms with van der Waals surface area (Å²) in [6.07, 6.45) is 6.98. The van der Waals surface area contributed by atoms with Crippen molar-refractivity contribution in [1.29, 1.82) is 0 Å². The lowest BCUT2D eigenvalue weighted by molar-refractivity contribution is 0.251. The molecule has 4 N–H and O–H groups in total. The van der Waals surface area contributed by atoms with E-state index in [-0.39, 0.29) is 30.3 Å². The number of ether oxygens (including phenoxy) is 1. The standard InChI is InChI=1S/C29H24N8O2/c1-16-6-5-7-17-12-20(37(28(38)23(16)17)19-8-3-2-4-9-19)14-36-27-24(26(30)32-15-33-27)25(35-36)18-10-11-22-21(13-18)34-29(31)39-22/h2-13,15,21-22H,14H2,1H3,(H2,31,34)(H2,30,32,33). The maximum absolute atomic E-state index is 13.9.